The molecule has 1 N–H and O–H groups in total. The van der Waals surface area contributed by atoms with E-state index in [-0.39, 0.29) is 17.9 Å². The number of nitrogens with one attached hydrogen (secondary N) is 1. The van der Waals surface area contributed by atoms with E-state index in [0.29, 0.717) is 11.8 Å². The highest BCUT2D eigenvalue weighted by Gasteiger charge is 2.18. The van der Waals surface area contributed by atoms with Crippen molar-refractivity contribution in [2.75, 3.05) is 5.75 Å². The van der Waals surface area contributed by atoms with Gasteiger partial charge in [0, 0.05) is 33.2 Å². The number of halogens is 3. The Kier molecular flexibility index (Phi) is 6.76. The second-order valence-electron chi connectivity index (χ2n) is 4.85. The number of thioether (sulfide) groups is 1. The Balaban J connectivity index is 1.88. The van der Waals surface area contributed by atoms with Crippen molar-refractivity contribution in [3.63, 3.8) is 0 Å². The summed E-state index contributed by atoms with van der Waals surface area (Å²) in [4.78, 5) is 12.9. The molecule has 124 valence electrons. The van der Waals surface area contributed by atoms with Crippen LogP contribution in [0, 0.1) is 23.0 Å². The Morgan fingerprint density at radius 2 is 1.96 bits per heavy atom. The standard InChI is InChI=1S/C17H13BrF2N2OS/c18-11-1-4-13(5-2-11)24-8-7-17(23)22-16(10-21)14-6-3-12(19)9-15(14)20/h1-6,9,16H,7-8H2,(H,22,23). The highest BCUT2D eigenvalue weighted by molar-refractivity contribution is 9.10. The first kappa shape index (κ1) is 18.4. The van der Waals surface area contributed by atoms with Crippen LogP contribution in [-0.4, -0.2) is 11.7 Å². The fraction of sp³-hybridized carbons (Fsp3) is 0.176. The van der Waals surface area contributed by atoms with Crippen LogP contribution in [0.15, 0.2) is 51.8 Å². The summed E-state index contributed by atoms with van der Waals surface area (Å²) >= 11 is 4.85. The van der Waals surface area contributed by atoms with E-state index in [0.717, 1.165) is 21.5 Å². The lowest BCUT2D eigenvalue weighted by molar-refractivity contribution is -0.121. The monoisotopic (exact) mass is 410 g/mol. The molecule has 1 unspecified atom stereocenters. The molecular weight excluding hydrogens is 398 g/mol. The lowest BCUT2D eigenvalue weighted by Crippen LogP contribution is -2.28. The maximum atomic E-state index is 13.7. The Labute approximate surface area is 151 Å². The summed E-state index contributed by atoms with van der Waals surface area (Å²) in [6.07, 6.45) is 0.182. The van der Waals surface area contributed by atoms with Crippen LogP contribution in [0.25, 0.3) is 0 Å². The SMILES string of the molecule is N#CC(NC(=O)CCSc1ccc(Br)cc1)c1ccc(F)cc1F. The van der Waals surface area contributed by atoms with Gasteiger partial charge in [-0.25, -0.2) is 8.78 Å². The van der Waals surface area contributed by atoms with Crippen molar-refractivity contribution in [2.45, 2.75) is 17.4 Å². The summed E-state index contributed by atoms with van der Waals surface area (Å²) in [6, 6.07) is 11.3. The molecule has 1 atom stereocenters. The van der Waals surface area contributed by atoms with E-state index in [1.54, 1.807) is 0 Å². The third kappa shape index (κ3) is 5.32. The minimum atomic E-state index is -1.14. The fourth-order valence-corrected chi connectivity index (χ4v) is 3.06. The molecular formula is C17H13BrF2N2OS. The molecule has 2 rings (SSSR count). The van der Waals surface area contributed by atoms with Gasteiger partial charge in [0.25, 0.3) is 0 Å². The number of carbonyl (C=O) groups is 1. The molecule has 24 heavy (non-hydrogen) atoms. The van der Waals surface area contributed by atoms with Gasteiger partial charge in [-0.05, 0) is 30.3 Å². The predicted molar refractivity (Wildman–Crippen MR) is 92.3 cm³/mol. The van der Waals surface area contributed by atoms with E-state index in [1.165, 1.54) is 11.8 Å². The van der Waals surface area contributed by atoms with Gasteiger partial charge in [-0.3, -0.25) is 4.79 Å². The van der Waals surface area contributed by atoms with Crippen LogP contribution < -0.4 is 5.32 Å². The largest absolute Gasteiger partial charge is 0.337 e. The molecule has 0 saturated carbocycles. The van der Waals surface area contributed by atoms with Gasteiger partial charge in [0.15, 0.2) is 0 Å². The van der Waals surface area contributed by atoms with E-state index in [9.17, 15) is 13.6 Å². The Hall–Kier alpha value is -1.91. The van der Waals surface area contributed by atoms with Crippen LogP contribution in [0.4, 0.5) is 8.78 Å². The number of benzene rings is 2. The van der Waals surface area contributed by atoms with Crippen molar-refractivity contribution in [3.8, 4) is 6.07 Å². The molecule has 0 bridgehead atoms. The van der Waals surface area contributed by atoms with Gasteiger partial charge in [-0.2, -0.15) is 5.26 Å². The van der Waals surface area contributed by atoms with Crippen LogP contribution in [0.3, 0.4) is 0 Å². The quantitative estimate of drug-likeness (QED) is 0.708. The number of nitrogens with zero attached hydrogens (tertiary/aromatic N) is 1. The summed E-state index contributed by atoms with van der Waals surface area (Å²) in [7, 11) is 0. The average molecular weight is 411 g/mol. The van der Waals surface area contributed by atoms with Crippen LogP contribution in [0.1, 0.15) is 18.0 Å². The number of rotatable bonds is 6. The van der Waals surface area contributed by atoms with Gasteiger partial charge in [-0.15, -0.1) is 11.8 Å². The van der Waals surface area contributed by atoms with Crippen LogP contribution in [-0.2, 0) is 4.79 Å². The number of nitriles is 1. The summed E-state index contributed by atoms with van der Waals surface area (Å²) in [5.74, 6) is -1.43. The highest BCUT2D eigenvalue weighted by atomic mass is 79.9. The molecule has 7 heteroatoms. The maximum absolute atomic E-state index is 13.7. The number of carbonyl (C=O) groups excluding carboxylic acids is 1. The Morgan fingerprint density at radius 1 is 1.25 bits per heavy atom. The van der Waals surface area contributed by atoms with Crippen molar-refractivity contribution >= 4 is 33.6 Å². The Morgan fingerprint density at radius 3 is 2.58 bits per heavy atom. The first-order valence-corrected chi connectivity index (χ1v) is 8.80. The molecule has 0 radical (unpaired) electrons. The molecule has 0 heterocycles. The summed E-state index contributed by atoms with van der Waals surface area (Å²) in [5, 5.41) is 11.6. The van der Waals surface area contributed by atoms with Gasteiger partial charge < -0.3 is 5.32 Å². The summed E-state index contributed by atoms with van der Waals surface area (Å²) < 4.78 is 27.6. The van der Waals surface area contributed by atoms with Gasteiger partial charge in [0.2, 0.25) is 5.91 Å². The van der Waals surface area contributed by atoms with Crippen molar-refractivity contribution in [3.05, 3.63) is 64.1 Å². The molecule has 0 fully saturated rings. The predicted octanol–water partition coefficient (Wildman–Crippen LogP) is 4.59. The average Bonchev–Trinajstić information content (AvgIpc) is 2.55. The van der Waals surface area contributed by atoms with E-state index >= 15 is 0 Å². The molecule has 0 aliphatic rings. The summed E-state index contributed by atoms with van der Waals surface area (Å²) in [6.45, 7) is 0. The first-order valence-electron chi connectivity index (χ1n) is 7.02. The van der Waals surface area contributed by atoms with E-state index in [2.05, 4.69) is 21.2 Å². The Bertz CT molecular complexity index is 762. The normalized spacial score (nSPS) is 11.6. The van der Waals surface area contributed by atoms with E-state index in [1.807, 2.05) is 30.3 Å². The molecule has 0 saturated heterocycles. The van der Waals surface area contributed by atoms with Crippen molar-refractivity contribution in [1.29, 1.82) is 5.26 Å². The van der Waals surface area contributed by atoms with Gasteiger partial charge >= 0.3 is 0 Å². The van der Waals surface area contributed by atoms with Crippen molar-refractivity contribution in [1.82, 2.24) is 5.32 Å². The van der Waals surface area contributed by atoms with E-state index in [4.69, 9.17) is 5.26 Å². The van der Waals surface area contributed by atoms with Crippen molar-refractivity contribution in [2.24, 2.45) is 0 Å². The minimum Gasteiger partial charge on any atom is -0.337 e. The van der Waals surface area contributed by atoms with Crippen LogP contribution in [0.5, 0.6) is 0 Å². The van der Waals surface area contributed by atoms with Gasteiger partial charge in [0.1, 0.15) is 17.7 Å². The number of amides is 1. The third-order valence-corrected chi connectivity index (χ3v) is 4.66. The maximum Gasteiger partial charge on any atom is 0.222 e. The lowest BCUT2D eigenvalue weighted by Gasteiger charge is -2.13. The smallest absolute Gasteiger partial charge is 0.222 e. The molecule has 2 aromatic rings. The van der Waals surface area contributed by atoms with Crippen LogP contribution >= 0.6 is 27.7 Å². The van der Waals surface area contributed by atoms with Gasteiger partial charge in [0.05, 0.1) is 6.07 Å². The first-order chi connectivity index (χ1) is 11.5. The number of hydrogen-bond donors (Lipinski definition) is 1. The second kappa shape index (κ2) is 8.81. The molecule has 0 aliphatic heterocycles. The summed E-state index contributed by atoms with van der Waals surface area (Å²) in [5.41, 5.74) is -0.0483. The molecule has 2 aromatic carbocycles. The van der Waals surface area contributed by atoms with Gasteiger partial charge in [-0.1, -0.05) is 22.0 Å². The molecule has 0 spiro atoms. The molecule has 3 nitrogen and oxygen atoms in total. The zero-order chi connectivity index (χ0) is 17.5. The molecule has 0 aliphatic carbocycles. The highest BCUT2D eigenvalue weighted by Crippen LogP contribution is 2.22. The third-order valence-electron chi connectivity index (χ3n) is 3.12. The molecule has 1 amide bonds. The van der Waals surface area contributed by atoms with E-state index < -0.39 is 17.7 Å². The lowest BCUT2D eigenvalue weighted by atomic mass is 10.1. The minimum absolute atomic E-state index is 0.0483. The zero-order valence-corrected chi connectivity index (χ0v) is 14.8. The second-order valence-corrected chi connectivity index (χ2v) is 6.93. The van der Waals surface area contributed by atoms with Crippen LogP contribution in [0.2, 0.25) is 0 Å². The molecule has 0 aromatic heterocycles. The topological polar surface area (TPSA) is 52.9 Å². The zero-order valence-electron chi connectivity index (χ0n) is 12.4. The number of hydrogen-bond acceptors (Lipinski definition) is 3. The fourth-order valence-electron chi connectivity index (χ4n) is 1.94. The van der Waals surface area contributed by atoms with Crippen molar-refractivity contribution < 1.29 is 13.6 Å².